The van der Waals surface area contributed by atoms with E-state index in [9.17, 15) is 0 Å². The van der Waals surface area contributed by atoms with Gasteiger partial charge >= 0.3 is 0 Å². The number of nitrogens with two attached hydrogens (primary N) is 1. The van der Waals surface area contributed by atoms with Gasteiger partial charge < -0.3 is 15.8 Å². The van der Waals surface area contributed by atoms with E-state index in [4.69, 9.17) is 10.5 Å². The molecule has 1 atom stereocenters. The molecule has 1 rings (SSSR count). The van der Waals surface area contributed by atoms with E-state index in [-0.39, 0.29) is 5.54 Å². The number of rotatable bonds is 5. The minimum absolute atomic E-state index is 0.0518. The lowest BCUT2D eigenvalue weighted by Gasteiger charge is -2.33. The van der Waals surface area contributed by atoms with Crippen molar-refractivity contribution < 1.29 is 4.74 Å². The number of hydrogen-bond acceptors (Lipinski definition) is 3. The van der Waals surface area contributed by atoms with Crippen molar-refractivity contribution >= 4 is 0 Å². The van der Waals surface area contributed by atoms with Gasteiger partial charge in [0.2, 0.25) is 0 Å². The summed E-state index contributed by atoms with van der Waals surface area (Å²) in [6.07, 6.45) is 8.07. The molecule has 0 aromatic heterocycles. The minimum atomic E-state index is -0.0518. The Kier molecular flexibility index (Phi) is 5.58. The topological polar surface area (TPSA) is 47.3 Å². The fourth-order valence-electron chi connectivity index (χ4n) is 2.39. The van der Waals surface area contributed by atoms with Gasteiger partial charge in [0.1, 0.15) is 0 Å². The maximum absolute atomic E-state index is 5.81. The fourth-order valence-corrected chi connectivity index (χ4v) is 2.39. The van der Waals surface area contributed by atoms with E-state index in [1.54, 1.807) is 7.11 Å². The van der Waals surface area contributed by atoms with Gasteiger partial charge in [-0.15, -0.1) is 0 Å². The molecule has 0 amide bonds. The first-order valence-electron chi connectivity index (χ1n) is 6.17. The Morgan fingerprint density at radius 2 is 1.87 bits per heavy atom. The molecular weight excluding hydrogens is 188 g/mol. The summed E-state index contributed by atoms with van der Waals surface area (Å²) in [7, 11) is 1.74. The van der Waals surface area contributed by atoms with Crippen LogP contribution in [0, 0.1) is 0 Å². The predicted octanol–water partition coefficient (Wildman–Crippen LogP) is 1.66. The van der Waals surface area contributed by atoms with Crippen molar-refractivity contribution in [2.24, 2.45) is 5.73 Å². The molecule has 0 spiro atoms. The Balaban J connectivity index is 2.41. The van der Waals surface area contributed by atoms with Crippen LogP contribution in [-0.2, 0) is 4.74 Å². The van der Waals surface area contributed by atoms with Crippen molar-refractivity contribution in [2.45, 2.75) is 57.0 Å². The lowest BCUT2D eigenvalue weighted by molar-refractivity contribution is 0.112. The van der Waals surface area contributed by atoms with E-state index < -0.39 is 0 Å². The normalized spacial score (nSPS) is 23.4. The second-order valence-corrected chi connectivity index (χ2v) is 5.03. The van der Waals surface area contributed by atoms with Gasteiger partial charge in [0.25, 0.3) is 0 Å². The highest BCUT2D eigenvalue weighted by atomic mass is 16.5. The summed E-state index contributed by atoms with van der Waals surface area (Å²) in [6.45, 7) is 3.48. The maximum atomic E-state index is 5.81. The SMILES string of the molecule is COCC(C)(CN)NC1CCCCCC1. The molecule has 1 aliphatic rings. The van der Waals surface area contributed by atoms with Gasteiger partial charge in [0, 0.05) is 19.7 Å². The number of hydrogen-bond donors (Lipinski definition) is 2. The highest BCUT2D eigenvalue weighted by molar-refractivity contribution is 4.88. The third kappa shape index (κ3) is 4.49. The van der Waals surface area contributed by atoms with Gasteiger partial charge in [-0.1, -0.05) is 25.7 Å². The van der Waals surface area contributed by atoms with E-state index in [0.29, 0.717) is 19.2 Å². The Hall–Kier alpha value is -0.120. The third-order valence-electron chi connectivity index (χ3n) is 3.32. The Labute approximate surface area is 93.8 Å². The van der Waals surface area contributed by atoms with Gasteiger partial charge in [-0.2, -0.15) is 0 Å². The molecule has 0 heterocycles. The first-order chi connectivity index (χ1) is 7.20. The van der Waals surface area contributed by atoms with E-state index in [1.165, 1.54) is 38.5 Å². The molecule has 0 aromatic rings. The number of methoxy groups -OCH3 is 1. The number of ether oxygens (including phenoxy) is 1. The number of nitrogens with one attached hydrogen (secondary N) is 1. The molecule has 1 unspecified atom stereocenters. The van der Waals surface area contributed by atoms with Crippen LogP contribution >= 0.6 is 0 Å². The molecule has 0 bridgehead atoms. The molecule has 0 aromatic carbocycles. The maximum Gasteiger partial charge on any atom is 0.0654 e. The van der Waals surface area contributed by atoms with Gasteiger partial charge in [-0.3, -0.25) is 0 Å². The summed E-state index contributed by atoms with van der Waals surface area (Å²) in [4.78, 5) is 0. The largest absolute Gasteiger partial charge is 0.383 e. The molecule has 0 aliphatic heterocycles. The lowest BCUT2D eigenvalue weighted by atomic mass is 9.99. The molecule has 3 nitrogen and oxygen atoms in total. The monoisotopic (exact) mass is 214 g/mol. The van der Waals surface area contributed by atoms with Crippen molar-refractivity contribution in [1.82, 2.24) is 5.32 Å². The van der Waals surface area contributed by atoms with Crippen molar-refractivity contribution in [1.29, 1.82) is 0 Å². The first-order valence-corrected chi connectivity index (χ1v) is 6.17. The molecule has 0 saturated heterocycles. The summed E-state index contributed by atoms with van der Waals surface area (Å²) in [5, 5.41) is 3.67. The molecule has 1 fully saturated rings. The zero-order chi connectivity index (χ0) is 11.1. The zero-order valence-electron chi connectivity index (χ0n) is 10.2. The van der Waals surface area contributed by atoms with Crippen molar-refractivity contribution in [3.8, 4) is 0 Å². The van der Waals surface area contributed by atoms with Crippen LogP contribution in [-0.4, -0.2) is 31.8 Å². The van der Waals surface area contributed by atoms with E-state index in [1.807, 2.05) is 0 Å². The molecule has 0 radical (unpaired) electrons. The Morgan fingerprint density at radius 1 is 1.27 bits per heavy atom. The molecule has 3 heteroatoms. The van der Waals surface area contributed by atoms with Gasteiger partial charge in [0.05, 0.1) is 12.1 Å². The van der Waals surface area contributed by atoms with Crippen LogP contribution in [0.1, 0.15) is 45.4 Å². The quantitative estimate of drug-likeness (QED) is 0.684. The van der Waals surface area contributed by atoms with E-state index in [0.717, 1.165) is 0 Å². The molecule has 15 heavy (non-hydrogen) atoms. The highest BCUT2D eigenvalue weighted by Crippen LogP contribution is 2.19. The van der Waals surface area contributed by atoms with E-state index in [2.05, 4.69) is 12.2 Å². The predicted molar refractivity (Wildman–Crippen MR) is 64.0 cm³/mol. The fraction of sp³-hybridized carbons (Fsp3) is 1.00. The summed E-state index contributed by atoms with van der Waals surface area (Å²) in [5.41, 5.74) is 5.76. The van der Waals surface area contributed by atoms with Crippen LogP contribution in [0.15, 0.2) is 0 Å². The summed E-state index contributed by atoms with van der Waals surface area (Å²) in [6, 6.07) is 0.635. The third-order valence-corrected chi connectivity index (χ3v) is 3.32. The van der Waals surface area contributed by atoms with Crippen LogP contribution in [0.3, 0.4) is 0 Å². The van der Waals surface area contributed by atoms with Gasteiger partial charge in [-0.05, 0) is 19.8 Å². The zero-order valence-corrected chi connectivity index (χ0v) is 10.2. The summed E-state index contributed by atoms with van der Waals surface area (Å²) in [5.74, 6) is 0. The molecule has 1 aliphatic carbocycles. The summed E-state index contributed by atoms with van der Waals surface area (Å²) < 4.78 is 5.23. The van der Waals surface area contributed by atoms with Crippen molar-refractivity contribution in [3.05, 3.63) is 0 Å². The average Bonchev–Trinajstić information content (AvgIpc) is 2.47. The Morgan fingerprint density at radius 3 is 2.33 bits per heavy atom. The standard InChI is InChI=1S/C12H26N2O/c1-12(9-13,10-15-2)14-11-7-5-3-4-6-8-11/h11,14H,3-10,13H2,1-2H3. The van der Waals surface area contributed by atoms with Crippen LogP contribution in [0.2, 0.25) is 0 Å². The van der Waals surface area contributed by atoms with Gasteiger partial charge in [-0.25, -0.2) is 0 Å². The second kappa shape index (κ2) is 6.46. The van der Waals surface area contributed by atoms with Crippen LogP contribution in [0.5, 0.6) is 0 Å². The average molecular weight is 214 g/mol. The Bertz CT molecular complexity index is 167. The first kappa shape index (κ1) is 12.9. The van der Waals surface area contributed by atoms with Crippen LogP contribution in [0.4, 0.5) is 0 Å². The molecule has 3 N–H and O–H groups in total. The van der Waals surface area contributed by atoms with Crippen molar-refractivity contribution in [3.63, 3.8) is 0 Å². The highest BCUT2D eigenvalue weighted by Gasteiger charge is 2.26. The molecule has 1 saturated carbocycles. The smallest absolute Gasteiger partial charge is 0.0654 e. The molecular formula is C12H26N2O. The van der Waals surface area contributed by atoms with E-state index >= 15 is 0 Å². The van der Waals surface area contributed by atoms with Gasteiger partial charge in [0.15, 0.2) is 0 Å². The second-order valence-electron chi connectivity index (χ2n) is 5.03. The molecule has 90 valence electrons. The van der Waals surface area contributed by atoms with Crippen molar-refractivity contribution in [2.75, 3.05) is 20.3 Å². The van der Waals surface area contributed by atoms with Crippen LogP contribution in [0.25, 0.3) is 0 Å². The lowest BCUT2D eigenvalue weighted by Crippen LogP contribution is -2.55. The summed E-state index contributed by atoms with van der Waals surface area (Å²) >= 11 is 0. The minimum Gasteiger partial charge on any atom is -0.383 e. The van der Waals surface area contributed by atoms with Crippen LogP contribution < -0.4 is 11.1 Å².